The predicted molar refractivity (Wildman–Crippen MR) is 92.0 cm³/mol. The molecule has 3 aromatic rings. The van der Waals surface area contributed by atoms with Gasteiger partial charge in [-0.2, -0.15) is 5.26 Å². The van der Waals surface area contributed by atoms with Crippen molar-refractivity contribution in [2.24, 2.45) is 0 Å². The van der Waals surface area contributed by atoms with E-state index in [9.17, 15) is 4.79 Å². The van der Waals surface area contributed by atoms with Gasteiger partial charge in [-0.25, -0.2) is 4.68 Å². The van der Waals surface area contributed by atoms with Crippen molar-refractivity contribution in [2.45, 2.75) is 6.42 Å². The quantitative estimate of drug-likeness (QED) is 0.712. The van der Waals surface area contributed by atoms with E-state index in [2.05, 4.69) is 32.2 Å². The minimum Gasteiger partial charge on any atom is -0.376 e. The largest absolute Gasteiger partial charge is 0.376 e. The molecule has 1 amide bonds. The summed E-state index contributed by atoms with van der Waals surface area (Å²) in [4.78, 5) is 12.0. The van der Waals surface area contributed by atoms with Crippen LogP contribution < -0.4 is 10.6 Å². The third-order valence-electron chi connectivity index (χ3n) is 3.45. The lowest BCUT2D eigenvalue weighted by Gasteiger charge is -2.09. The molecule has 8 heteroatoms. The zero-order valence-electron chi connectivity index (χ0n) is 13.3. The Morgan fingerprint density at radius 2 is 1.80 bits per heavy atom. The molecule has 1 aromatic heterocycles. The molecule has 0 unspecified atom stereocenters. The van der Waals surface area contributed by atoms with E-state index in [1.807, 2.05) is 36.4 Å². The molecule has 0 atom stereocenters. The summed E-state index contributed by atoms with van der Waals surface area (Å²) < 4.78 is 1.55. The molecule has 0 aliphatic carbocycles. The summed E-state index contributed by atoms with van der Waals surface area (Å²) in [6, 6.07) is 16.7. The molecule has 0 aliphatic rings. The van der Waals surface area contributed by atoms with Gasteiger partial charge in [-0.1, -0.05) is 12.1 Å². The molecule has 3 rings (SSSR count). The average Bonchev–Trinajstić information content (AvgIpc) is 3.17. The van der Waals surface area contributed by atoms with Crippen molar-refractivity contribution < 1.29 is 4.79 Å². The number of nitriles is 1. The second-order valence-corrected chi connectivity index (χ2v) is 5.23. The maximum Gasteiger partial charge on any atom is 0.243 e. The van der Waals surface area contributed by atoms with Crippen LogP contribution in [0, 0.1) is 11.3 Å². The molecule has 124 valence electrons. The van der Waals surface area contributed by atoms with Crippen LogP contribution in [0.3, 0.4) is 0 Å². The van der Waals surface area contributed by atoms with E-state index in [-0.39, 0.29) is 12.5 Å². The van der Waals surface area contributed by atoms with Gasteiger partial charge in [0.05, 0.1) is 24.7 Å². The second-order valence-electron chi connectivity index (χ2n) is 5.23. The highest BCUT2D eigenvalue weighted by atomic mass is 16.1. The Balaban J connectivity index is 1.51. The van der Waals surface area contributed by atoms with Crippen LogP contribution in [-0.4, -0.2) is 32.7 Å². The summed E-state index contributed by atoms with van der Waals surface area (Å²) in [6.45, 7) is 0.143. The van der Waals surface area contributed by atoms with Crippen LogP contribution in [-0.2, 0) is 11.2 Å². The van der Waals surface area contributed by atoms with Crippen LogP contribution in [0.2, 0.25) is 0 Å². The van der Waals surface area contributed by atoms with Crippen molar-refractivity contribution in [1.82, 2.24) is 20.2 Å². The summed E-state index contributed by atoms with van der Waals surface area (Å²) in [5, 5.41) is 25.5. The zero-order chi connectivity index (χ0) is 17.5. The number of anilines is 2. The molecule has 1 heterocycles. The fraction of sp³-hybridized carbons (Fsp3) is 0.118. The number of benzene rings is 2. The highest BCUT2D eigenvalue weighted by Gasteiger charge is 2.03. The maximum atomic E-state index is 12.0. The van der Waals surface area contributed by atoms with E-state index >= 15 is 0 Å². The van der Waals surface area contributed by atoms with Crippen molar-refractivity contribution in [1.29, 1.82) is 5.26 Å². The second kappa shape index (κ2) is 7.70. The first-order chi connectivity index (χ1) is 12.2. The van der Waals surface area contributed by atoms with Gasteiger partial charge in [-0.15, -0.1) is 5.10 Å². The highest BCUT2D eigenvalue weighted by molar-refractivity contribution is 5.93. The molecule has 0 fully saturated rings. The number of carbonyl (C=O) groups excluding carboxylic acids is 1. The van der Waals surface area contributed by atoms with E-state index in [1.165, 1.54) is 6.33 Å². The molecular weight excluding hydrogens is 318 g/mol. The number of aromatic nitrogens is 4. The molecule has 25 heavy (non-hydrogen) atoms. The molecule has 0 spiro atoms. The number of tetrazole rings is 1. The lowest BCUT2D eigenvalue weighted by Crippen LogP contribution is -2.21. The SMILES string of the molecule is N#CCc1ccc(NC(=O)CNc2ccc(-n3cnnn3)cc2)cc1. The van der Waals surface area contributed by atoms with Crippen molar-refractivity contribution in [3.63, 3.8) is 0 Å². The maximum absolute atomic E-state index is 12.0. The Hall–Kier alpha value is -3.73. The summed E-state index contributed by atoms with van der Waals surface area (Å²) in [7, 11) is 0. The Bertz CT molecular complexity index is 865. The Kier molecular flexibility index (Phi) is 4.97. The van der Waals surface area contributed by atoms with E-state index in [0.29, 0.717) is 12.1 Å². The minimum atomic E-state index is -0.155. The Morgan fingerprint density at radius 3 is 2.44 bits per heavy atom. The fourth-order valence-corrected chi connectivity index (χ4v) is 2.20. The van der Waals surface area contributed by atoms with Crippen molar-refractivity contribution in [3.8, 4) is 11.8 Å². The molecule has 0 bridgehead atoms. The van der Waals surface area contributed by atoms with E-state index in [4.69, 9.17) is 5.26 Å². The summed E-state index contributed by atoms with van der Waals surface area (Å²) in [5.41, 5.74) is 3.26. The molecule has 2 aromatic carbocycles. The number of nitrogens with zero attached hydrogens (tertiary/aromatic N) is 5. The molecule has 0 saturated carbocycles. The molecule has 2 N–H and O–H groups in total. The highest BCUT2D eigenvalue weighted by Crippen LogP contribution is 2.12. The minimum absolute atomic E-state index is 0.143. The number of rotatable bonds is 6. The smallest absolute Gasteiger partial charge is 0.243 e. The van der Waals surface area contributed by atoms with E-state index in [0.717, 1.165) is 16.9 Å². The fourth-order valence-electron chi connectivity index (χ4n) is 2.20. The van der Waals surface area contributed by atoms with Crippen molar-refractivity contribution >= 4 is 17.3 Å². The number of hydrogen-bond acceptors (Lipinski definition) is 6. The number of nitrogens with one attached hydrogen (secondary N) is 2. The number of carbonyl (C=O) groups is 1. The van der Waals surface area contributed by atoms with Crippen molar-refractivity contribution in [2.75, 3.05) is 17.2 Å². The van der Waals surface area contributed by atoms with Gasteiger partial charge in [-0.3, -0.25) is 4.79 Å². The van der Waals surface area contributed by atoms with Gasteiger partial charge in [0.15, 0.2) is 0 Å². The summed E-state index contributed by atoms with van der Waals surface area (Å²) >= 11 is 0. The molecule has 0 aliphatic heterocycles. The Morgan fingerprint density at radius 1 is 1.08 bits per heavy atom. The first-order valence-corrected chi connectivity index (χ1v) is 7.57. The third kappa shape index (κ3) is 4.39. The van der Waals surface area contributed by atoms with Crippen LogP contribution in [0.1, 0.15) is 5.56 Å². The lowest BCUT2D eigenvalue weighted by atomic mass is 10.1. The first-order valence-electron chi connectivity index (χ1n) is 7.57. The van der Waals surface area contributed by atoms with Gasteiger partial charge >= 0.3 is 0 Å². The summed E-state index contributed by atoms with van der Waals surface area (Å²) in [6.07, 6.45) is 1.87. The van der Waals surface area contributed by atoms with Gasteiger partial charge in [0, 0.05) is 11.4 Å². The van der Waals surface area contributed by atoms with E-state index < -0.39 is 0 Å². The van der Waals surface area contributed by atoms with Gasteiger partial charge < -0.3 is 10.6 Å². The summed E-state index contributed by atoms with van der Waals surface area (Å²) in [5.74, 6) is -0.155. The lowest BCUT2D eigenvalue weighted by molar-refractivity contribution is -0.114. The molecule has 0 radical (unpaired) electrons. The monoisotopic (exact) mass is 333 g/mol. The third-order valence-corrected chi connectivity index (χ3v) is 3.45. The zero-order valence-corrected chi connectivity index (χ0v) is 13.3. The van der Waals surface area contributed by atoms with Gasteiger partial charge in [-0.05, 0) is 52.4 Å². The van der Waals surface area contributed by atoms with Gasteiger partial charge in [0.1, 0.15) is 6.33 Å². The van der Waals surface area contributed by atoms with Crippen LogP contribution >= 0.6 is 0 Å². The standard InChI is InChI=1S/C17H15N7O/c18-10-9-13-1-3-15(4-2-13)21-17(25)11-19-14-5-7-16(8-6-14)24-12-20-22-23-24/h1-8,12,19H,9,11H2,(H,21,25). The van der Waals surface area contributed by atoms with Crippen LogP contribution in [0.25, 0.3) is 5.69 Å². The van der Waals surface area contributed by atoms with Gasteiger partial charge in [0.25, 0.3) is 0 Å². The van der Waals surface area contributed by atoms with Crippen LogP contribution in [0.4, 0.5) is 11.4 Å². The number of amides is 1. The topological polar surface area (TPSA) is 109 Å². The average molecular weight is 333 g/mol. The Labute approximate surface area is 144 Å². The van der Waals surface area contributed by atoms with Gasteiger partial charge in [0.2, 0.25) is 5.91 Å². The molecule has 0 saturated heterocycles. The molecule has 8 nitrogen and oxygen atoms in total. The van der Waals surface area contributed by atoms with E-state index in [1.54, 1.807) is 16.8 Å². The van der Waals surface area contributed by atoms with Crippen molar-refractivity contribution in [3.05, 3.63) is 60.4 Å². The first kappa shape index (κ1) is 16.1. The van der Waals surface area contributed by atoms with Crippen LogP contribution in [0.15, 0.2) is 54.9 Å². The molecular formula is C17H15N7O. The normalized spacial score (nSPS) is 10.0. The van der Waals surface area contributed by atoms with Crippen LogP contribution in [0.5, 0.6) is 0 Å². The number of hydrogen-bond donors (Lipinski definition) is 2. The predicted octanol–water partition coefficient (Wildman–Crippen LogP) is 1.78.